The molecule has 0 bridgehead atoms. The number of carbonyl (C=O) groups is 1. The minimum Gasteiger partial charge on any atom is -0.517 e. The van der Waals surface area contributed by atoms with Crippen molar-refractivity contribution in [3.8, 4) is 0 Å². The van der Waals surface area contributed by atoms with E-state index >= 15 is 0 Å². The second-order valence-electron chi connectivity index (χ2n) is 14.5. The second-order valence-corrected chi connectivity index (χ2v) is 30.9. The molecule has 0 aromatic rings. The lowest BCUT2D eigenvalue weighted by Gasteiger charge is -2.48. The molecule has 0 unspecified atom stereocenters. The lowest BCUT2D eigenvalue weighted by atomic mass is 10.3. The van der Waals surface area contributed by atoms with Crippen LogP contribution in [0.15, 0.2) is 0 Å². The van der Waals surface area contributed by atoms with E-state index in [0.717, 1.165) is 0 Å². The maximum Gasteiger partial charge on any atom is 0.311 e. The first kappa shape index (κ1) is 37.0. The molecule has 0 aliphatic carbocycles. The fraction of sp³-hybridized carbons (Fsp3) is 0.967. The topological polar surface area (TPSA) is 47.6 Å². The summed E-state index contributed by atoms with van der Waals surface area (Å²) in [5, 5.41) is 0. The third-order valence-electron chi connectivity index (χ3n) is 9.77. The molecule has 0 heterocycles. The second kappa shape index (κ2) is 14.6. The predicted molar refractivity (Wildman–Crippen MR) is 172 cm³/mol. The number of hydrogen-bond acceptors (Lipinski definition) is 4. The first-order valence-corrected chi connectivity index (χ1v) is 21.8. The first-order valence-electron chi connectivity index (χ1n) is 15.3. The van der Waals surface area contributed by atoms with E-state index in [9.17, 15) is 4.79 Å². The molecule has 37 heavy (non-hydrogen) atoms. The van der Waals surface area contributed by atoms with Gasteiger partial charge in [-0.05, 0) is 49.9 Å². The van der Waals surface area contributed by atoms with Gasteiger partial charge in [-0.25, -0.2) is 0 Å². The monoisotopic (exact) mass is 573 g/mol. The molecule has 4 nitrogen and oxygen atoms in total. The van der Waals surface area contributed by atoms with Gasteiger partial charge in [-0.3, -0.25) is 4.79 Å². The fourth-order valence-corrected chi connectivity index (χ4v) is 24.8. The zero-order chi connectivity index (χ0) is 29.7. The molecule has 0 fully saturated rings. The van der Waals surface area contributed by atoms with Crippen molar-refractivity contribution in [2.24, 2.45) is 0 Å². The van der Waals surface area contributed by atoms with Crippen LogP contribution in [0.25, 0.3) is 0 Å². The van der Waals surface area contributed by atoms with Crippen LogP contribution in [0.2, 0.25) is 49.9 Å². The van der Waals surface area contributed by atoms with Crippen molar-refractivity contribution in [3.63, 3.8) is 0 Å². The Kier molecular flexibility index (Phi) is 14.6. The Labute approximate surface area is 236 Å². The van der Waals surface area contributed by atoms with Crippen LogP contribution < -0.4 is 4.98 Å². The summed E-state index contributed by atoms with van der Waals surface area (Å²) in [5.41, 5.74) is 3.97. The number of nitrogens with one attached hydrogen (secondary N) is 1. The molecule has 0 aromatic heterocycles. The van der Waals surface area contributed by atoms with Gasteiger partial charge in [-0.1, -0.05) is 125 Å². The van der Waals surface area contributed by atoms with E-state index in [4.69, 9.17) is 8.85 Å². The Morgan fingerprint density at radius 1 is 0.514 bits per heavy atom. The summed E-state index contributed by atoms with van der Waals surface area (Å²) in [4.78, 5) is 18.4. The Morgan fingerprint density at radius 2 is 0.811 bits per heavy atom. The van der Waals surface area contributed by atoms with Crippen LogP contribution in [-0.4, -0.2) is 43.5 Å². The normalized spacial score (nSPS) is 15.1. The molecule has 0 rings (SSSR count). The maximum absolute atomic E-state index is 14.4. The predicted octanol–water partition coefficient (Wildman–Crippen LogP) is 10.0. The van der Waals surface area contributed by atoms with Crippen molar-refractivity contribution in [2.45, 2.75) is 181 Å². The zero-order valence-corrected chi connectivity index (χ0v) is 31.2. The molecule has 0 amide bonds. The smallest absolute Gasteiger partial charge is 0.311 e. The SMILES string of the molecule is CC(C)[Si](N[C@@H](CO[Si](C(C)C)(C(C)C)C(C)C)C(=O)O[Si](C(C)C)(C(C)C)C(C)C)(C(C)C)C(C)C. The van der Waals surface area contributed by atoms with Crippen molar-refractivity contribution in [1.82, 2.24) is 4.98 Å². The highest BCUT2D eigenvalue weighted by Gasteiger charge is 2.52. The largest absolute Gasteiger partial charge is 0.517 e. The van der Waals surface area contributed by atoms with Gasteiger partial charge in [0.15, 0.2) is 8.32 Å². The van der Waals surface area contributed by atoms with E-state index in [2.05, 4.69) is 130 Å². The quantitative estimate of drug-likeness (QED) is 0.187. The van der Waals surface area contributed by atoms with Gasteiger partial charge < -0.3 is 13.8 Å². The molecule has 7 heteroatoms. The molecule has 222 valence electrons. The standard InChI is InChI=1S/C30H67NO3Si3/c1-20(2)35(21(3)4,22(5)6)31-29(19-33-36(23(7)8,24(9)10)25(11)12)30(32)34-37(26(13)14,27(15)16)28(17)18/h20-29,31H,19H2,1-18H3/t29-/m0/s1. The van der Waals surface area contributed by atoms with Crippen LogP contribution in [0.4, 0.5) is 0 Å². The molecule has 0 aromatic carbocycles. The summed E-state index contributed by atoms with van der Waals surface area (Å²) in [6, 6.07) is -0.426. The molecule has 0 aliphatic heterocycles. The third kappa shape index (κ3) is 7.62. The minimum atomic E-state index is -2.37. The van der Waals surface area contributed by atoms with Crippen molar-refractivity contribution >= 4 is 30.8 Å². The van der Waals surface area contributed by atoms with Crippen molar-refractivity contribution in [1.29, 1.82) is 0 Å². The Morgan fingerprint density at radius 3 is 1.05 bits per heavy atom. The van der Waals surface area contributed by atoms with Crippen molar-refractivity contribution < 1.29 is 13.6 Å². The van der Waals surface area contributed by atoms with Crippen LogP contribution in [0.1, 0.15) is 125 Å². The van der Waals surface area contributed by atoms with Crippen LogP contribution >= 0.6 is 0 Å². The van der Waals surface area contributed by atoms with E-state index in [1.165, 1.54) is 0 Å². The molecular formula is C30H67NO3Si3. The average Bonchev–Trinajstić information content (AvgIpc) is 2.71. The van der Waals surface area contributed by atoms with Gasteiger partial charge in [0.25, 0.3) is 8.32 Å². The van der Waals surface area contributed by atoms with Crippen molar-refractivity contribution in [2.75, 3.05) is 6.61 Å². The summed E-state index contributed by atoms with van der Waals surface area (Å²) < 4.78 is 13.9. The van der Waals surface area contributed by atoms with E-state index in [-0.39, 0.29) is 5.97 Å². The van der Waals surface area contributed by atoms with E-state index < -0.39 is 30.9 Å². The van der Waals surface area contributed by atoms with Gasteiger partial charge in [0, 0.05) is 0 Å². The van der Waals surface area contributed by atoms with Gasteiger partial charge in [-0.2, -0.15) is 0 Å². The molecule has 1 atom stereocenters. The van der Waals surface area contributed by atoms with Crippen LogP contribution in [0, 0.1) is 0 Å². The van der Waals surface area contributed by atoms with Crippen LogP contribution in [-0.2, 0) is 13.6 Å². The van der Waals surface area contributed by atoms with Gasteiger partial charge in [-0.15, -0.1) is 0 Å². The summed E-state index contributed by atoms with van der Waals surface area (Å²) >= 11 is 0. The molecule has 0 spiro atoms. The molecule has 0 saturated carbocycles. The van der Waals surface area contributed by atoms with Gasteiger partial charge in [0.1, 0.15) is 14.3 Å². The highest BCUT2D eigenvalue weighted by molar-refractivity contribution is 6.82. The van der Waals surface area contributed by atoms with E-state index in [1.54, 1.807) is 0 Å². The molecule has 0 radical (unpaired) electrons. The molecular weight excluding hydrogens is 507 g/mol. The highest BCUT2D eigenvalue weighted by Crippen LogP contribution is 2.45. The van der Waals surface area contributed by atoms with E-state index in [0.29, 0.717) is 56.5 Å². The third-order valence-corrected chi connectivity index (χ3v) is 28.4. The summed E-state index contributed by atoms with van der Waals surface area (Å²) in [6.07, 6.45) is 0. The minimum absolute atomic E-state index is 0.0687. The van der Waals surface area contributed by atoms with Crippen LogP contribution in [0.3, 0.4) is 0 Å². The number of carbonyl (C=O) groups excluding carboxylic acids is 1. The Bertz CT molecular complexity index is 622. The first-order chi connectivity index (χ1) is 16.7. The summed E-state index contributed by atoms with van der Waals surface area (Å²) in [5.74, 6) is -0.0687. The van der Waals surface area contributed by atoms with Gasteiger partial charge in [0.05, 0.1) is 6.61 Å². The lowest BCUT2D eigenvalue weighted by molar-refractivity contribution is -0.138. The number of hydrogen-bond donors (Lipinski definition) is 1. The maximum atomic E-state index is 14.4. The van der Waals surface area contributed by atoms with Crippen molar-refractivity contribution in [3.05, 3.63) is 0 Å². The zero-order valence-electron chi connectivity index (χ0n) is 28.2. The van der Waals surface area contributed by atoms with Crippen LogP contribution in [0.5, 0.6) is 0 Å². The molecule has 1 N–H and O–H groups in total. The van der Waals surface area contributed by atoms with E-state index in [1.807, 2.05) is 0 Å². The average molecular weight is 574 g/mol. The Balaban J connectivity index is 6.79. The summed E-state index contributed by atoms with van der Waals surface area (Å²) in [6.45, 7) is 41.9. The number of rotatable bonds is 16. The van der Waals surface area contributed by atoms with Gasteiger partial charge in [0.2, 0.25) is 0 Å². The molecule has 0 saturated heterocycles. The Hall–Kier alpha value is 0.0406. The lowest BCUT2D eigenvalue weighted by Crippen LogP contribution is -2.66. The highest BCUT2D eigenvalue weighted by atomic mass is 28.4. The van der Waals surface area contributed by atoms with Gasteiger partial charge >= 0.3 is 5.97 Å². The summed E-state index contributed by atoms with van der Waals surface area (Å²) in [7, 11) is -6.60. The fourth-order valence-electron chi connectivity index (χ4n) is 8.30. The molecule has 0 aliphatic rings.